The summed E-state index contributed by atoms with van der Waals surface area (Å²) in [7, 11) is 0. The fourth-order valence-corrected chi connectivity index (χ4v) is 2.61. The standard InChI is InChI=1S/C17H15BrN2O2/c1-11-7-8-15(12(2)9-11)21-10-16-19-20-17(22-16)13-5-3-4-6-14(13)18/h3-9H,10H2,1-2H3. The highest BCUT2D eigenvalue weighted by Crippen LogP contribution is 2.27. The van der Waals surface area contributed by atoms with E-state index < -0.39 is 0 Å². The molecule has 0 aliphatic rings. The summed E-state index contributed by atoms with van der Waals surface area (Å²) in [5.74, 6) is 1.75. The van der Waals surface area contributed by atoms with Gasteiger partial charge in [0.2, 0.25) is 5.89 Å². The lowest BCUT2D eigenvalue weighted by atomic mass is 10.1. The zero-order chi connectivity index (χ0) is 15.5. The molecule has 0 radical (unpaired) electrons. The number of benzene rings is 2. The Hall–Kier alpha value is -2.14. The topological polar surface area (TPSA) is 48.2 Å². The minimum Gasteiger partial charge on any atom is -0.484 e. The summed E-state index contributed by atoms with van der Waals surface area (Å²) in [5.41, 5.74) is 3.16. The molecule has 0 atom stereocenters. The molecule has 1 heterocycles. The number of ether oxygens (including phenoxy) is 1. The van der Waals surface area contributed by atoms with E-state index >= 15 is 0 Å². The molecule has 22 heavy (non-hydrogen) atoms. The quantitative estimate of drug-likeness (QED) is 0.678. The van der Waals surface area contributed by atoms with Crippen LogP contribution in [-0.4, -0.2) is 10.2 Å². The highest BCUT2D eigenvalue weighted by molar-refractivity contribution is 9.10. The second-order valence-electron chi connectivity index (χ2n) is 5.04. The first-order chi connectivity index (χ1) is 10.6. The van der Waals surface area contributed by atoms with Crippen LogP contribution in [0, 0.1) is 13.8 Å². The molecule has 0 bridgehead atoms. The first kappa shape index (κ1) is 14.8. The fourth-order valence-electron chi connectivity index (χ4n) is 2.16. The van der Waals surface area contributed by atoms with Crippen LogP contribution in [0.1, 0.15) is 17.0 Å². The van der Waals surface area contributed by atoms with E-state index in [-0.39, 0.29) is 6.61 Å². The van der Waals surface area contributed by atoms with Crippen LogP contribution in [0.4, 0.5) is 0 Å². The van der Waals surface area contributed by atoms with Gasteiger partial charge in [0.25, 0.3) is 5.89 Å². The van der Waals surface area contributed by atoms with Gasteiger partial charge < -0.3 is 9.15 Å². The van der Waals surface area contributed by atoms with Crippen molar-refractivity contribution >= 4 is 15.9 Å². The van der Waals surface area contributed by atoms with Gasteiger partial charge in [-0.2, -0.15) is 0 Å². The van der Waals surface area contributed by atoms with E-state index in [2.05, 4.69) is 39.1 Å². The largest absolute Gasteiger partial charge is 0.484 e. The second-order valence-corrected chi connectivity index (χ2v) is 5.89. The normalized spacial score (nSPS) is 10.7. The third kappa shape index (κ3) is 3.20. The molecular weight excluding hydrogens is 344 g/mol. The minimum atomic E-state index is 0.251. The summed E-state index contributed by atoms with van der Waals surface area (Å²) in [6, 6.07) is 13.8. The Morgan fingerprint density at radius 2 is 1.91 bits per heavy atom. The molecule has 3 rings (SSSR count). The number of aromatic nitrogens is 2. The van der Waals surface area contributed by atoms with Crippen molar-refractivity contribution in [2.24, 2.45) is 0 Å². The summed E-state index contributed by atoms with van der Waals surface area (Å²) in [6.07, 6.45) is 0. The van der Waals surface area contributed by atoms with E-state index in [1.54, 1.807) is 0 Å². The van der Waals surface area contributed by atoms with Crippen molar-refractivity contribution in [2.75, 3.05) is 0 Å². The molecule has 112 valence electrons. The Morgan fingerprint density at radius 1 is 1.09 bits per heavy atom. The molecule has 0 N–H and O–H groups in total. The summed E-state index contributed by atoms with van der Waals surface area (Å²) in [4.78, 5) is 0. The van der Waals surface area contributed by atoms with E-state index in [4.69, 9.17) is 9.15 Å². The maximum Gasteiger partial charge on any atom is 0.254 e. The summed E-state index contributed by atoms with van der Waals surface area (Å²) >= 11 is 3.48. The van der Waals surface area contributed by atoms with Gasteiger partial charge >= 0.3 is 0 Å². The lowest BCUT2D eigenvalue weighted by molar-refractivity contribution is 0.263. The number of hydrogen-bond acceptors (Lipinski definition) is 4. The Labute approximate surface area is 137 Å². The van der Waals surface area contributed by atoms with Gasteiger partial charge in [0.05, 0.1) is 5.56 Å². The summed E-state index contributed by atoms with van der Waals surface area (Å²) in [5, 5.41) is 8.10. The van der Waals surface area contributed by atoms with Gasteiger partial charge in [0.1, 0.15) is 5.75 Å². The third-order valence-corrected chi connectivity index (χ3v) is 3.94. The predicted octanol–water partition coefficient (Wildman–Crippen LogP) is 4.69. The average molecular weight is 359 g/mol. The molecule has 0 unspecified atom stereocenters. The Balaban J connectivity index is 1.74. The first-order valence-electron chi connectivity index (χ1n) is 6.91. The van der Waals surface area contributed by atoms with Crippen molar-refractivity contribution in [1.82, 2.24) is 10.2 Å². The fraction of sp³-hybridized carbons (Fsp3) is 0.176. The van der Waals surface area contributed by atoms with Crippen LogP contribution in [-0.2, 0) is 6.61 Å². The first-order valence-corrected chi connectivity index (χ1v) is 7.70. The maximum absolute atomic E-state index is 5.75. The highest BCUT2D eigenvalue weighted by atomic mass is 79.9. The van der Waals surface area contributed by atoms with Crippen molar-refractivity contribution in [3.05, 3.63) is 64.0 Å². The number of halogens is 1. The van der Waals surface area contributed by atoms with Gasteiger partial charge in [-0.25, -0.2) is 0 Å². The molecule has 0 aliphatic carbocycles. The lowest BCUT2D eigenvalue weighted by Crippen LogP contribution is -1.97. The zero-order valence-electron chi connectivity index (χ0n) is 12.3. The predicted molar refractivity (Wildman–Crippen MR) is 87.7 cm³/mol. The van der Waals surface area contributed by atoms with Crippen LogP contribution in [0.2, 0.25) is 0 Å². The van der Waals surface area contributed by atoms with Gasteiger partial charge in [-0.1, -0.05) is 29.8 Å². The molecule has 0 spiro atoms. The van der Waals surface area contributed by atoms with E-state index in [0.29, 0.717) is 11.8 Å². The van der Waals surface area contributed by atoms with Crippen molar-refractivity contribution in [1.29, 1.82) is 0 Å². The van der Waals surface area contributed by atoms with Crippen LogP contribution in [0.15, 0.2) is 51.4 Å². The number of hydrogen-bond donors (Lipinski definition) is 0. The molecule has 3 aromatic rings. The van der Waals surface area contributed by atoms with Gasteiger partial charge in [0, 0.05) is 4.47 Å². The van der Waals surface area contributed by atoms with Gasteiger partial charge in [0.15, 0.2) is 6.61 Å². The monoisotopic (exact) mass is 358 g/mol. The number of rotatable bonds is 4. The highest BCUT2D eigenvalue weighted by Gasteiger charge is 2.12. The lowest BCUT2D eigenvalue weighted by Gasteiger charge is -2.07. The molecule has 0 aliphatic heterocycles. The van der Waals surface area contributed by atoms with Crippen molar-refractivity contribution in [2.45, 2.75) is 20.5 Å². The smallest absolute Gasteiger partial charge is 0.254 e. The molecule has 5 heteroatoms. The molecule has 4 nitrogen and oxygen atoms in total. The van der Waals surface area contributed by atoms with Gasteiger partial charge in [-0.15, -0.1) is 10.2 Å². The summed E-state index contributed by atoms with van der Waals surface area (Å²) in [6.45, 7) is 4.32. The van der Waals surface area contributed by atoms with Crippen LogP contribution < -0.4 is 4.74 Å². The number of aryl methyl sites for hydroxylation is 2. The summed E-state index contributed by atoms with van der Waals surface area (Å²) < 4.78 is 12.3. The van der Waals surface area contributed by atoms with E-state index in [9.17, 15) is 0 Å². The van der Waals surface area contributed by atoms with Gasteiger partial charge in [-0.3, -0.25) is 0 Å². The van der Waals surface area contributed by atoms with E-state index in [0.717, 1.165) is 21.3 Å². The van der Waals surface area contributed by atoms with Crippen molar-refractivity contribution in [3.8, 4) is 17.2 Å². The van der Waals surface area contributed by atoms with E-state index in [1.807, 2.05) is 43.3 Å². The van der Waals surface area contributed by atoms with Crippen LogP contribution in [0.25, 0.3) is 11.5 Å². The molecule has 1 aromatic heterocycles. The van der Waals surface area contributed by atoms with Crippen LogP contribution in [0.5, 0.6) is 5.75 Å². The molecule has 0 amide bonds. The van der Waals surface area contributed by atoms with Crippen molar-refractivity contribution in [3.63, 3.8) is 0 Å². The molecule has 0 saturated heterocycles. The van der Waals surface area contributed by atoms with Crippen LogP contribution >= 0.6 is 15.9 Å². The zero-order valence-corrected chi connectivity index (χ0v) is 13.9. The molecule has 2 aromatic carbocycles. The molecular formula is C17H15BrN2O2. The third-order valence-electron chi connectivity index (χ3n) is 3.25. The minimum absolute atomic E-state index is 0.251. The SMILES string of the molecule is Cc1ccc(OCc2nnc(-c3ccccc3Br)o2)c(C)c1. The molecule has 0 saturated carbocycles. The van der Waals surface area contributed by atoms with E-state index in [1.165, 1.54) is 5.56 Å². The second kappa shape index (κ2) is 6.32. The number of nitrogens with zero attached hydrogens (tertiary/aromatic N) is 2. The van der Waals surface area contributed by atoms with Crippen LogP contribution in [0.3, 0.4) is 0 Å². The Bertz CT molecular complexity index is 799. The molecule has 0 fully saturated rings. The Kier molecular flexibility index (Phi) is 4.24. The van der Waals surface area contributed by atoms with Crippen molar-refractivity contribution < 1.29 is 9.15 Å². The average Bonchev–Trinajstić information content (AvgIpc) is 2.95. The van der Waals surface area contributed by atoms with Gasteiger partial charge in [-0.05, 0) is 53.5 Å². The Morgan fingerprint density at radius 3 is 2.68 bits per heavy atom. The maximum atomic E-state index is 5.75.